The zero-order valence-electron chi connectivity index (χ0n) is 10.7. The zero-order valence-corrected chi connectivity index (χ0v) is 12.3. The quantitative estimate of drug-likeness (QED) is 0.908. The highest BCUT2D eigenvalue weighted by molar-refractivity contribution is 9.10. The third kappa shape index (κ3) is 3.70. The highest BCUT2D eigenvalue weighted by atomic mass is 79.9. The van der Waals surface area contributed by atoms with Crippen LogP contribution in [-0.4, -0.2) is 31.1 Å². The molecule has 0 bridgehead atoms. The van der Waals surface area contributed by atoms with Crippen LogP contribution in [0.25, 0.3) is 0 Å². The van der Waals surface area contributed by atoms with Crippen molar-refractivity contribution >= 4 is 15.9 Å². The molecule has 1 aliphatic rings. The fourth-order valence-electron chi connectivity index (χ4n) is 2.34. The number of para-hydroxylation sites is 1. The summed E-state index contributed by atoms with van der Waals surface area (Å²) in [7, 11) is 0. The Labute approximate surface area is 117 Å². The number of piperidine rings is 1. The van der Waals surface area contributed by atoms with Crippen LogP contribution in [0.1, 0.15) is 24.8 Å². The largest absolute Gasteiger partial charge is 0.491 e. The van der Waals surface area contributed by atoms with Crippen LogP contribution in [0, 0.1) is 0 Å². The molecule has 0 aromatic heterocycles. The van der Waals surface area contributed by atoms with Crippen molar-refractivity contribution in [3.05, 3.63) is 28.2 Å². The number of rotatable bonds is 5. The van der Waals surface area contributed by atoms with Crippen LogP contribution in [0.5, 0.6) is 5.75 Å². The first-order valence-corrected chi connectivity index (χ1v) is 7.43. The Kier molecular flexibility index (Phi) is 5.47. The van der Waals surface area contributed by atoms with Gasteiger partial charge < -0.3 is 10.5 Å². The van der Waals surface area contributed by atoms with E-state index in [9.17, 15) is 0 Å². The Bertz CT molecular complexity index is 378. The maximum absolute atomic E-state index is 5.89. The Morgan fingerprint density at radius 1 is 1.22 bits per heavy atom. The smallest absolute Gasteiger partial charge is 0.138 e. The van der Waals surface area contributed by atoms with Crippen molar-refractivity contribution < 1.29 is 4.74 Å². The Balaban J connectivity index is 1.85. The van der Waals surface area contributed by atoms with Gasteiger partial charge in [-0.1, -0.05) is 18.6 Å². The van der Waals surface area contributed by atoms with E-state index in [2.05, 4.69) is 20.8 Å². The van der Waals surface area contributed by atoms with Gasteiger partial charge in [0.25, 0.3) is 0 Å². The first-order chi connectivity index (χ1) is 8.81. The van der Waals surface area contributed by atoms with Gasteiger partial charge in [0.1, 0.15) is 12.4 Å². The van der Waals surface area contributed by atoms with Crippen molar-refractivity contribution in [2.75, 3.05) is 26.2 Å². The van der Waals surface area contributed by atoms with E-state index in [1.165, 1.54) is 32.4 Å². The predicted molar refractivity (Wildman–Crippen MR) is 77.8 cm³/mol. The van der Waals surface area contributed by atoms with Crippen LogP contribution in [0.3, 0.4) is 0 Å². The molecule has 0 saturated carbocycles. The van der Waals surface area contributed by atoms with E-state index in [-0.39, 0.29) is 0 Å². The van der Waals surface area contributed by atoms with Crippen LogP contribution < -0.4 is 10.5 Å². The van der Waals surface area contributed by atoms with Gasteiger partial charge in [0.15, 0.2) is 0 Å². The summed E-state index contributed by atoms with van der Waals surface area (Å²) in [6, 6.07) is 6.00. The van der Waals surface area contributed by atoms with E-state index in [1.807, 2.05) is 18.2 Å². The molecule has 1 aromatic rings. The van der Waals surface area contributed by atoms with Crippen LogP contribution in [0.2, 0.25) is 0 Å². The molecule has 2 rings (SSSR count). The van der Waals surface area contributed by atoms with Gasteiger partial charge in [-0.3, -0.25) is 4.90 Å². The molecule has 0 spiro atoms. The summed E-state index contributed by atoms with van der Waals surface area (Å²) in [4.78, 5) is 2.47. The van der Waals surface area contributed by atoms with Crippen molar-refractivity contribution in [3.8, 4) is 5.75 Å². The highest BCUT2D eigenvalue weighted by Gasteiger charge is 2.11. The van der Waals surface area contributed by atoms with Gasteiger partial charge in [0.2, 0.25) is 0 Å². The molecule has 2 N–H and O–H groups in total. The fourth-order valence-corrected chi connectivity index (χ4v) is 2.86. The minimum Gasteiger partial charge on any atom is -0.491 e. The Morgan fingerprint density at radius 2 is 2.00 bits per heavy atom. The molecule has 1 fully saturated rings. The fraction of sp³-hybridized carbons (Fsp3) is 0.571. The lowest BCUT2D eigenvalue weighted by atomic mass is 10.1. The van der Waals surface area contributed by atoms with E-state index in [1.54, 1.807) is 0 Å². The van der Waals surface area contributed by atoms with Crippen LogP contribution in [0.15, 0.2) is 22.7 Å². The summed E-state index contributed by atoms with van der Waals surface area (Å²) in [6.07, 6.45) is 4.02. The van der Waals surface area contributed by atoms with Crippen molar-refractivity contribution in [2.45, 2.75) is 25.8 Å². The van der Waals surface area contributed by atoms with E-state index in [0.29, 0.717) is 6.54 Å². The molecule has 0 amide bonds. The Morgan fingerprint density at radius 3 is 2.72 bits per heavy atom. The summed E-state index contributed by atoms with van der Waals surface area (Å²) in [5.41, 5.74) is 6.78. The maximum atomic E-state index is 5.89. The summed E-state index contributed by atoms with van der Waals surface area (Å²) in [5, 5.41) is 0. The van der Waals surface area contributed by atoms with Crippen molar-refractivity contribution in [1.29, 1.82) is 0 Å². The van der Waals surface area contributed by atoms with Gasteiger partial charge in [-0.25, -0.2) is 0 Å². The molecule has 4 heteroatoms. The van der Waals surface area contributed by atoms with E-state index >= 15 is 0 Å². The van der Waals surface area contributed by atoms with Gasteiger partial charge in [0.05, 0.1) is 4.47 Å². The monoisotopic (exact) mass is 312 g/mol. The van der Waals surface area contributed by atoms with Crippen LogP contribution in [0.4, 0.5) is 0 Å². The average molecular weight is 313 g/mol. The normalized spacial score (nSPS) is 16.8. The van der Waals surface area contributed by atoms with Gasteiger partial charge >= 0.3 is 0 Å². The third-order valence-electron chi connectivity index (χ3n) is 3.37. The van der Waals surface area contributed by atoms with Gasteiger partial charge in [-0.2, -0.15) is 0 Å². The molecule has 1 heterocycles. The van der Waals surface area contributed by atoms with Crippen molar-refractivity contribution in [3.63, 3.8) is 0 Å². The molecular formula is C14H21BrN2O. The number of likely N-dealkylation sites (tertiary alicyclic amines) is 1. The first-order valence-electron chi connectivity index (χ1n) is 6.64. The molecule has 100 valence electrons. The number of ether oxygens (including phenoxy) is 1. The number of nitrogens with zero attached hydrogens (tertiary/aromatic N) is 1. The maximum Gasteiger partial charge on any atom is 0.138 e. The summed E-state index contributed by atoms with van der Waals surface area (Å²) < 4.78 is 6.88. The SMILES string of the molecule is NCc1cccc(Br)c1OCCN1CCCCC1. The zero-order chi connectivity index (χ0) is 12.8. The first kappa shape index (κ1) is 13.8. The number of hydrogen-bond donors (Lipinski definition) is 1. The van der Waals surface area contributed by atoms with Gasteiger partial charge in [-0.05, 0) is 47.9 Å². The standard InChI is InChI=1S/C14H21BrN2O/c15-13-6-4-5-12(11-16)14(13)18-10-9-17-7-2-1-3-8-17/h4-6H,1-3,7-11,16H2. The second-order valence-electron chi connectivity index (χ2n) is 4.68. The molecular weight excluding hydrogens is 292 g/mol. The second kappa shape index (κ2) is 7.12. The average Bonchev–Trinajstić information content (AvgIpc) is 2.41. The number of hydrogen-bond acceptors (Lipinski definition) is 3. The third-order valence-corrected chi connectivity index (χ3v) is 4.00. The van der Waals surface area contributed by atoms with Gasteiger partial charge in [-0.15, -0.1) is 0 Å². The number of nitrogens with two attached hydrogens (primary N) is 1. The highest BCUT2D eigenvalue weighted by Crippen LogP contribution is 2.28. The van der Waals surface area contributed by atoms with Crippen molar-refractivity contribution in [2.24, 2.45) is 5.73 Å². The summed E-state index contributed by atoms with van der Waals surface area (Å²) in [5.74, 6) is 0.900. The van der Waals surface area contributed by atoms with Gasteiger partial charge in [0, 0.05) is 18.7 Å². The lowest BCUT2D eigenvalue weighted by Crippen LogP contribution is -2.33. The molecule has 1 saturated heterocycles. The molecule has 18 heavy (non-hydrogen) atoms. The van der Waals surface area contributed by atoms with E-state index in [0.717, 1.165) is 28.9 Å². The molecule has 0 aliphatic carbocycles. The van der Waals surface area contributed by atoms with E-state index in [4.69, 9.17) is 10.5 Å². The van der Waals surface area contributed by atoms with Crippen molar-refractivity contribution in [1.82, 2.24) is 4.90 Å². The lowest BCUT2D eigenvalue weighted by molar-refractivity contribution is 0.182. The molecule has 3 nitrogen and oxygen atoms in total. The minimum atomic E-state index is 0.512. The number of halogens is 1. The molecule has 1 aromatic carbocycles. The second-order valence-corrected chi connectivity index (χ2v) is 5.54. The molecule has 1 aliphatic heterocycles. The topological polar surface area (TPSA) is 38.5 Å². The number of benzene rings is 1. The summed E-state index contributed by atoms with van der Waals surface area (Å²) in [6.45, 7) is 4.67. The predicted octanol–water partition coefficient (Wildman–Crippen LogP) is 2.77. The van der Waals surface area contributed by atoms with Crippen LogP contribution in [-0.2, 0) is 6.54 Å². The van der Waals surface area contributed by atoms with E-state index < -0.39 is 0 Å². The molecule has 0 atom stereocenters. The molecule has 0 unspecified atom stereocenters. The lowest BCUT2D eigenvalue weighted by Gasteiger charge is -2.26. The summed E-state index contributed by atoms with van der Waals surface area (Å²) >= 11 is 3.52. The Hall–Kier alpha value is -0.580. The minimum absolute atomic E-state index is 0.512. The van der Waals surface area contributed by atoms with Crippen LogP contribution >= 0.6 is 15.9 Å². The molecule has 0 radical (unpaired) electrons.